The summed E-state index contributed by atoms with van der Waals surface area (Å²) in [5, 5.41) is 0. The molecular weight excluding hydrogens is 278 g/mol. The van der Waals surface area contributed by atoms with Gasteiger partial charge in [-0.1, -0.05) is 6.92 Å². The third kappa shape index (κ3) is 2.54. The Labute approximate surface area is 111 Å². The van der Waals surface area contributed by atoms with Gasteiger partial charge in [-0.25, -0.2) is 13.2 Å². The van der Waals surface area contributed by atoms with Gasteiger partial charge in [-0.15, -0.1) is 0 Å². The van der Waals surface area contributed by atoms with E-state index >= 15 is 0 Å². The molecule has 0 radical (unpaired) electrons. The summed E-state index contributed by atoms with van der Waals surface area (Å²) in [4.78, 5) is 11.7. The molecule has 0 aliphatic heterocycles. The second kappa shape index (κ2) is 5.32. The van der Waals surface area contributed by atoms with Crippen molar-refractivity contribution >= 4 is 25.7 Å². The van der Waals surface area contributed by atoms with Crippen LogP contribution >= 0.6 is 10.7 Å². The van der Waals surface area contributed by atoms with Crippen LogP contribution in [-0.2, 0) is 27.3 Å². The fourth-order valence-electron chi connectivity index (χ4n) is 1.96. The number of esters is 1. The lowest BCUT2D eigenvalue weighted by atomic mass is 10.2. The Morgan fingerprint density at radius 3 is 2.33 bits per heavy atom. The lowest BCUT2D eigenvalue weighted by Crippen LogP contribution is -2.10. The monoisotopic (exact) mass is 293 g/mol. The van der Waals surface area contributed by atoms with Crippen LogP contribution < -0.4 is 0 Å². The summed E-state index contributed by atoms with van der Waals surface area (Å²) in [5.41, 5.74) is 1.09. The standard InChI is InChI=1S/C11H16ClNO4S/c1-5-8-9(11(14)17-6-2)10(18(12,15)16)7(3)13(8)4/h5-6H2,1-4H3. The SMILES string of the molecule is CCOC(=O)c1c(S(=O)(=O)Cl)c(C)n(C)c1CC. The molecule has 0 bridgehead atoms. The molecule has 0 saturated carbocycles. The van der Waals surface area contributed by atoms with Crippen LogP contribution in [0.25, 0.3) is 0 Å². The maximum Gasteiger partial charge on any atom is 0.341 e. The van der Waals surface area contributed by atoms with E-state index in [0.29, 0.717) is 17.8 Å². The predicted molar refractivity (Wildman–Crippen MR) is 68.5 cm³/mol. The summed E-state index contributed by atoms with van der Waals surface area (Å²) in [6, 6.07) is 0. The average molecular weight is 294 g/mol. The van der Waals surface area contributed by atoms with Gasteiger partial charge in [-0.3, -0.25) is 0 Å². The highest BCUT2D eigenvalue weighted by atomic mass is 35.7. The van der Waals surface area contributed by atoms with Gasteiger partial charge in [-0.05, 0) is 20.3 Å². The summed E-state index contributed by atoms with van der Waals surface area (Å²) in [5.74, 6) is -0.655. The average Bonchev–Trinajstić information content (AvgIpc) is 2.51. The molecule has 0 atom stereocenters. The molecule has 5 nitrogen and oxygen atoms in total. The Morgan fingerprint density at radius 2 is 1.94 bits per heavy atom. The largest absolute Gasteiger partial charge is 0.462 e. The van der Waals surface area contributed by atoms with Gasteiger partial charge in [0.15, 0.2) is 0 Å². The van der Waals surface area contributed by atoms with E-state index < -0.39 is 15.0 Å². The second-order valence-corrected chi connectivity index (χ2v) is 6.31. The summed E-state index contributed by atoms with van der Waals surface area (Å²) < 4.78 is 29.8. The molecule has 0 fully saturated rings. The van der Waals surface area contributed by atoms with Gasteiger partial charge in [0, 0.05) is 29.1 Å². The van der Waals surface area contributed by atoms with Crippen molar-refractivity contribution in [2.75, 3.05) is 6.61 Å². The Kier molecular flexibility index (Phi) is 4.45. The van der Waals surface area contributed by atoms with E-state index in [1.807, 2.05) is 6.92 Å². The molecular formula is C11H16ClNO4S. The van der Waals surface area contributed by atoms with Crippen molar-refractivity contribution in [2.45, 2.75) is 32.1 Å². The van der Waals surface area contributed by atoms with Crippen molar-refractivity contribution in [3.8, 4) is 0 Å². The number of hydrogen-bond acceptors (Lipinski definition) is 4. The van der Waals surface area contributed by atoms with Crippen molar-refractivity contribution in [1.29, 1.82) is 0 Å². The minimum atomic E-state index is -3.99. The molecule has 0 unspecified atom stereocenters. The number of carbonyl (C=O) groups excluding carboxylic acids is 1. The normalized spacial score (nSPS) is 11.6. The zero-order valence-electron chi connectivity index (χ0n) is 10.8. The van der Waals surface area contributed by atoms with Gasteiger partial charge in [-0.2, -0.15) is 0 Å². The van der Waals surface area contributed by atoms with Gasteiger partial charge >= 0.3 is 5.97 Å². The molecule has 18 heavy (non-hydrogen) atoms. The molecule has 1 aromatic rings. The van der Waals surface area contributed by atoms with Crippen LogP contribution in [0.4, 0.5) is 0 Å². The van der Waals surface area contributed by atoms with E-state index in [1.54, 1.807) is 25.5 Å². The maximum absolute atomic E-state index is 11.9. The summed E-state index contributed by atoms with van der Waals surface area (Å²) in [6.07, 6.45) is 0.512. The Morgan fingerprint density at radius 1 is 1.39 bits per heavy atom. The van der Waals surface area contributed by atoms with Crippen molar-refractivity contribution in [3.05, 3.63) is 17.0 Å². The molecule has 0 N–H and O–H groups in total. The lowest BCUT2D eigenvalue weighted by Gasteiger charge is -2.05. The molecule has 0 saturated heterocycles. The number of hydrogen-bond donors (Lipinski definition) is 0. The number of aromatic nitrogens is 1. The molecule has 0 aromatic carbocycles. The van der Waals surface area contributed by atoms with Gasteiger partial charge < -0.3 is 9.30 Å². The zero-order chi connectivity index (χ0) is 14.1. The quantitative estimate of drug-likeness (QED) is 0.629. The van der Waals surface area contributed by atoms with Crippen molar-refractivity contribution in [2.24, 2.45) is 7.05 Å². The van der Waals surface area contributed by atoms with Gasteiger partial charge in [0.25, 0.3) is 9.05 Å². The predicted octanol–water partition coefficient (Wildman–Crippen LogP) is 2.00. The van der Waals surface area contributed by atoms with Crippen LogP contribution in [0.2, 0.25) is 0 Å². The van der Waals surface area contributed by atoms with Crippen molar-refractivity contribution < 1.29 is 17.9 Å². The molecule has 1 aromatic heterocycles. The maximum atomic E-state index is 11.9. The first-order valence-electron chi connectivity index (χ1n) is 5.55. The molecule has 0 aliphatic carbocycles. The number of carbonyl (C=O) groups is 1. The lowest BCUT2D eigenvalue weighted by molar-refractivity contribution is 0.0521. The first-order chi connectivity index (χ1) is 8.25. The van der Waals surface area contributed by atoms with Gasteiger partial charge in [0.2, 0.25) is 0 Å². The third-order valence-electron chi connectivity index (χ3n) is 2.81. The van der Waals surface area contributed by atoms with Gasteiger partial charge in [0.1, 0.15) is 10.5 Å². The van der Waals surface area contributed by atoms with E-state index in [-0.39, 0.29) is 17.1 Å². The van der Waals surface area contributed by atoms with E-state index in [4.69, 9.17) is 15.4 Å². The molecule has 0 amide bonds. The summed E-state index contributed by atoms with van der Waals surface area (Å²) >= 11 is 0. The van der Waals surface area contributed by atoms with Crippen molar-refractivity contribution in [3.63, 3.8) is 0 Å². The van der Waals surface area contributed by atoms with Crippen LogP contribution in [0.15, 0.2) is 4.90 Å². The highest BCUT2D eigenvalue weighted by Gasteiger charge is 2.31. The van der Waals surface area contributed by atoms with Crippen LogP contribution in [-0.4, -0.2) is 25.6 Å². The molecule has 1 rings (SSSR count). The van der Waals surface area contributed by atoms with E-state index in [1.165, 1.54) is 0 Å². The summed E-state index contributed by atoms with van der Waals surface area (Å²) in [6.45, 7) is 5.28. The first kappa shape index (κ1) is 15.0. The van der Waals surface area contributed by atoms with Crippen LogP contribution in [0.1, 0.15) is 35.6 Å². The number of rotatable bonds is 4. The van der Waals surface area contributed by atoms with E-state index in [2.05, 4.69) is 0 Å². The van der Waals surface area contributed by atoms with E-state index in [0.717, 1.165) is 0 Å². The third-order valence-corrected chi connectivity index (χ3v) is 4.26. The topological polar surface area (TPSA) is 65.4 Å². The Bertz CT molecular complexity index is 574. The highest BCUT2D eigenvalue weighted by molar-refractivity contribution is 8.13. The van der Waals surface area contributed by atoms with Crippen LogP contribution in [0, 0.1) is 6.92 Å². The van der Waals surface area contributed by atoms with Crippen LogP contribution in [0.5, 0.6) is 0 Å². The fourth-order valence-corrected chi connectivity index (χ4v) is 3.46. The molecule has 1 heterocycles. The van der Waals surface area contributed by atoms with Crippen LogP contribution in [0.3, 0.4) is 0 Å². The zero-order valence-corrected chi connectivity index (χ0v) is 12.4. The number of halogens is 1. The van der Waals surface area contributed by atoms with Crippen molar-refractivity contribution in [1.82, 2.24) is 4.57 Å². The fraction of sp³-hybridized carbons (Fsp3) is 0.545. The smallest absolute Gasteiger partial charge is 0.341 e. The molecule has 0 spiro atoms. The second-order valence-electron chi connectivity index (χ2n) is 3.81. The number of nitrogens with zero attached hydrogens (tertiary/aromatic N) is 1. The molecule has 102 valence electrons. The van der Waals surface area contributed by atoms with E-state index in [9.17, 15) is 13.2 Å². The Balaban J connectivity index is 3.65. The minimum Gasteiger partial charge on any atom is -0.462 e. The Hall–Kier alpha value is -1.01. The first-order valence-corrected chi connectivity index (χ1v) is 7.86. The minimum absolute atomic E-state index is 0.0503. The molecule has 7 heteroatoms. The van der Waals surface area contributed by atoms with Gasteiger partial charge in [0.05, 0.1) is 6.61 Å². The number of ether oxygens (including phenoxy) is 1. The summed E-state index contributed by atoms with van der Waals surface area (Å²) in [7, 11) is 3.11. The molecule has 0 aliphatic rings. The highest BCUT2D eigenvalue weighted by Crippen LogP contribution is 2.30.